The molecule has 9 heteroatoms. The highest BCUT2D eigenvalue weighted by atomic mass is 35.5. The van der Waals surface area contributed by atoms with E-state index in [1.54, 1.807) is 24.3 Å². The molecule has 0 amide bonds. The van der Waals surface area contributed by atoms with Crippen molar-refractivity contribution in [3.05, 3.63) is 75.1 Å². The molecule has 27 heavy (non-hydrogen) atoms. The van der Waals surface area contributed by atoms with Gasteiger partial charge in [0, 0.05) is 17.0 Å². The van der Waals surface area contributed by atoms with Gasteiger partial charge in [-0.1, -0.05) is 23.7 Å². The van der Waals surface area contributed by atoms with Crippen molar-refractivity contribution in [3.63, 3.8) is 0 Å². The topological polar surface area (TPSA) is 103 Å². The van der Waals surface area contributed by atoms with E-state index in [4.69, 9.17) is 20.8 Å². The number of ether oxygens (including phenoxy) is 1. The van der Waals surface area contributed by atoms with E-state index in [9.17, 15) is 18.0 Å². The Bertz CT molecular complexity index is 1190. The third-order valence-corrected chi connectivity index (χ3v) is 4.47. The Hall–Kier alpha value is -2.68. The standard InChI is InChI=1S/C18H14ClNO6S/c1-27(23,24)20-10-11-5-6-16-12(7-11)8-15(18(22)26-16)17(21)25-14-4-2-3-13(19)9-14/h2-9,20H,10H2,1H3. The third kappa shape index (κ3) is 4.94. The van der Waals surface area contributed by atoms with Gasteiger partial charge in [0.05, 0.1) is 6.26 Å². The zero-order valence-electron chi connectivity index (χ0n) is 14.1. The van der Waals surface area contributed by atoms with Gasteiger partial charge in [-0.05, 0) is 42.0 Å². The van der Waals surface area contributed by atoms with Crippen LogP contribution in [-0.2, 0) is 16.6 Å². The van der Waals surface area contributed by atoms with Crippen LogP contribution in [0.15, 0.2) is 57.7 Å². The van der Waals surface area contributed by atoms with Crippen molar-refractivity contribution < 1.29 is 22.4 Å². The van der Waals surface area contributed by atoms with Crippen molar-refractivity contribution >= 4 is 38.6 Å². The summed E-state index contributed by atoms with van der Waals surface area (Å²) < 4.78 is 35.1. The number of esters is 1. The smallest absolute Gasteiger partial charge is 0.351 e. The number of carbonyl (C=O) groups excluding carboxylic acids is 1. The van der Waals surface area contributed by atoms with Gasteiger partial charge < -0.3 is 9.15 Å². The summed E-state index contributed by atoms with van der Waals surface area (Å²) in [6.07, 6.45) is 1.05. The van der Waals surface area contributed by atoms with Crippen molar-refractivity contribution in [1.82, 2.24) is 4.72 Å². The molecule has 0 fully saturated rings. The van der Waals surface area contributed by atoms with Gasteiger partial charge in [-0.2, -0.15) is 0 Å². The molecule has 0 saturated carbocycles. The van der Waals surface area contributed by atoms with E-state index in [-0.39, 0.29) is 23.4 Å². The molecule has 1 N–H and O–H groups in total. The third-order valence-electron chi connectivity index (χ3n) is 3.56. The van der Waals surface area contributed by atoms with Crippen molar-refractivity contribution in [2.24, 2.45) is 0 Å². The summed E-state index contributed by atoms with van der Waals surface area (Å²) in [6, 6.07) is 12.3. The fourth-order valence-electron chi connectivity index (χ4n) is 2.33. The Morgan fingerprint density at radius 1 is 1.19 bits per heavy atom. The summed E-state index contributed by atoms with van der Waals surface area (Å²) >= 11 is 5.84. The first kappa shape index (κ1) is 19.1. The lowest BCUT2D eigenvalue weighted by atomic mass is 10.1. The van der Waals surface area contributed by atoms with E-state index in [1.165, 1.54) is 24.3 Å². The van der Waals surface area contributed by atoms with Crippen molar-refractivity contribution in [2.75, 3.05) is 6.26 Å². The summed E-state index contributed by atoms with van der Waals surface area (Å²) in [4.78, 5) is 24.4. The van der Waals surface area contributed by atoms with Gasteiger partial charge in [-0.25, -0.2) is 22.7 Å². The zero-order valence-corrected chi connectivity index (χ0v) is 15.6. The lowest BCUT2D eigenvalue weighted by Crippen LogP contribution is -2.21. The summed E-state index contributed by atoms with van der Waals surface area (Å²) in [6.45, 7) is 0.0657. The molecule has 0 aliphatic heterocycles. The van der Waals surface area contributed by atoms with Crippen LogP contribution >= 0.6 is 11.6 Å². The molecule has 3 rings (SSSR count). The van der Waals surface area contributed by atoms with Crippen LogP contribution in [0.3, 0.4) is 0 Å². The summed E-state index contributed by atoms with van der Waals surface area (Å²) in [7, 11) is -3.35. The minimum absolute atomic E-state index is 0.0657. The maximum absolute atomic E-state index is 12.3. The van der Waals surface area contributed by atoms with Gasteiger partial charge in [0.25, 0.3) is 0 Å². The van der Waals surface area contributed by atoms with Crippen LogP contribution in [-0.4, -0.2) is 20.6 Å². The first-order valence-electron chi connectivity index (χ1n) is 7.70. The van der Waals surface area contributed by atoms with Crippen LogP contribution in [0.1, 0.15) is 15.9 Å². The molecule has 0 saturated heterocycles. The first-order valence-corrected chi connectivity index (χ1v) is 9.97. The number of nitrogens with one attached hydrogen (secondary N) is 1. The molecule has 0 atom stereocenters. The van der Waals surface area contributed by atoms with Gasteiger partial charge in [0.1, 0.15) is 16.9 Å². The number of fused-ring (bicyclic) bond motifs is 1. The van der Waals surface area contributed by atoms with Gasteiger partial charge in [0.15, 0.2) is 0 Å². The highest BCUT2D eigenvalue weighted by Crippen LogP contribution is 2.20. The van der Waals surface area contributed by atoms with E-state index in [2.05, 4.69) is 4.72 Å². The second kappa shape index (κ2) is 7.51. The fraction of sp³-hybridized carbons (Fsp3) is 0.111. The monoisotopic (exact) mass is 407 g/mol. The molecule has 2 aromatic carbocycles. The first-order chi connectivity index (χ1) is 12.7. The number of hydrogen-bond acceptors (Lipinski definition) is 6. The molecule has 0 spiro atoms. The molecular formula is C18H14ClNO6S. The number of carbonyl (C=O) groups is 1. The second-order valence-electron chi connectivity index (χ2n) is 5.76. The molecule has 0 aliphatic rings. The molecule has 0 bridgehead atoms. The minimum Gasteiger partial charge on any atom is -0.423 e. The van der Waals surface area contributed by atoms with Crippen LogP contribution < -0.4 is 15.1 Å². The van der Waals surface area contributed by atoms with Crippen LogP contribution in [0.25, 0.3) is 11.0 Å². The number of benzene rings is 2. The van der Waals surface area contributed by atoms with Crippen molar-refractivity contribution in [2.45, 2.75) is 6.54 Å². The summed E-state index contributed by atoms with van der Waals surface area (Å²) in [5, 5.41) is 0.842. The number of rotatable bonds is 5. The number of halogens is 1. The predicted octanol–water partition coefficient (Wildman–Crippen LogP) is 2.71. The molecule has 1 heterocycles. The van der Waals surface area contributed by atoms with Crippen LogP contribution in [0.4, 0.5) is 0 Å². The Labute approximate surface area is 159 Å². The minimum atomic E-state index is -3.35. The normalized spacial score (nSPS) is 11.5. The van der Waals surface area contributed by atoms with Gasteiger partial charge in [0.2, 0.25) is 10.0 Å². The Morgan fingerprint density at radius 2 is 1.96 bits per heavy atom. The molecule has 0 radical (unpaired) electrons. The summed E-state index contributed by atoms with van der Waals surface area (Å²) in [5.41, 5.74) is -0.217. The molecule has 0 aliphatic carbocycles. The van der Waals surface area contributed by atoms with Gasteiger partial charge in [-0.15, -0.1) is 0 Å². The van der Waals surface area contributed by atoms with Crippen LogP contribution in [0.5, 0.6) is 5.75 Å². The molecule has 1 aromatic heterocycles. The number of hydrogen-bond donors (Lipinski definition) is 1. The molecule has 7 nitrogen and oxygen atoms in total. The van der Waals surface area contributed by atoms with Gasteiger partial charge >= 0.3 is 11.6 Å². The SMILES string of the molecule is CS(=O)(=O)NCc1ccc2oc(=O)c(C(=O)Oc3cccc(Cl)c3)cc2c1. The highest BCUT2D eigenvalue weighted by molar-refractivity contribution is 7.88. The Kier molecular flexibility index (Phi) is 5.31. The van der Waals surface area contributed by atoms with Crippen molar-refractivity contribution in [1.29, 1.82) is 0 Å². The van der Waals surface area contributed by atoms with E-state index in [0.29, 0.717) is 16.0 Å². The molecule has 3 aromatic rings. The summed E-state index contributed by atoms with van der Waals surface area (Å²) in [5.74, 6) is -0.689. The predicted molar refractivity (Wildman–Crippen MR) is 101 cm³/mol. The molecule has 140 valence electrons. The van der Waals surface area contributed by atoms with E-state index in [1.807, 2.05) is 0 Å². The average Bonchev–Trinajstić information content (AvgIpc) is 2.58. The van der Waals surface area contributed by atoms with E-state index >= 15 is 0 Å². The Morgan fingerprint density at radius 3 is 2.67 bits per heavy atom. The largest absolute Gasteiger partial charge is 0.423 e. The van der Waals surface area contributed by atoms with E-state index < -0.39 is 21.6 Å². The second-order valence-corrected chi connectivity index (χ2v) is 8.03. The van der Waals surface area contributed by atoms with Gasteiger partial charge in [-0.3, -0.25) is 0 Å². The fourth-order valence-corrected chi connectivity index (χ4v) is 2.94. The molecule has 0 unspecified atom stereocenters. The van der Waals surface area contributed by atoms with Crippen molar-refractivity contribution in [3.8, 4) is 5.75 Å². The van der Waals surface area contributed by atoms with E-state index in [0.717, 1.165) is 6.26 Å². The Balaban J connectivity index is 1.91. The lowest BCUT2D eigenvalue weighted by Gasteiger charge is -2.06. The molecular weight excluding hydrogens is 394 g/mol. The lowest BCUT2D eigenvalue weighted by molar-refractivity contribution is 0.0730. The zero-order chi connectivity index (χ0) is 19.6. The quantitative estimate of drug-likeness (QED) is 0.396. The maximum Gasteiger partial charge on any atom is 0.351 e. The maximum atomic E-state index is 12.3. The highest BCUT2D eigenvalue weighted by Gasteiger charge is 2.16. The average molecular weight is 408 g/mol. The van der Waals surface area contributed by atoms with Crippen LogP contribution in [0, 0.1) is 0 Å². The number of sulfonamides is 1. The van der Waals surface area contributed by atoms with Crippen LogP contribution in [0.2, 0.25) is 5.02 Å².